The van der Waals surface area contributed by atoms with Crippen molar-refractivity contribution in [1.29, 1.82) is 0 Å². The number of benzene rings is 2. The van der Waals surface area contributed by atoms with Crippen molar-refractivity contribution in [2.45, 2.75) is 13.2 Å². The predicted molar refractivity (Wildman–Crippen MR) is 115 cm³/mol. The maximum absolute atomic E-state index is 13.0. The Morgan fingerprint density at radius 1 is 1.13 bits per heavy atom. The van der Waals surface area contributed by atoms with Gasteiger partial charge in [0.25, 0.3) is 5.91 Å². The molecule has 0 spiro atoms. The van der Waals surface area contributed by atoms with Crippen LogP contribution in [0.15, 0.2) is 71.4 Å². The molecular formula is C22H16Cl2FN3O3. The van der Waals surface area contributed by atoms with Gasteiger partial charge in [-0.2, -0.15) is 5.10 Å². The first-order chi connectivity index (χ1) is 15.0. The second-order valence-corrected chi connectivity index (χ2v) is 7.40. The second kappa shape index (κ2) is 9.24. The van der Waals surface area contributed by atoms with E-state index in [0.29, 0.717) is 33.8 Å². The molecule has 0 saturated carbocycles. The molecule has 31 heavy (non-hydrogen) atoms. The normalized spacial score (nSPS) is 10.8. The molecule has 4 aromatic rings. The van der Waals surface area contributed by atoms with Gasteiger partial charge in [0, 0.05) is 6.20 Å². The monoisotopic (exact) mass is 459 g/mol. The molecule has 1 amide bonds. The summed E-state index contributed by atoms with van der Waals surface area (Å²) in [5.41, 5.74) is 1.39. The number of rotatable bonds is 7. The second-order valence-electron chi connectivity index (χ2n) is 6.61. The van der Waals surface area contributed by atoms with Gasteiger partial charge in [0.05, 0.1) is 23.5 Å². The molecule has 158 valence electrons. The van der Waals surface area contributed by atoms with Gasteiger partial charge in [-0.1, -0.05) is 41.4 Å². The van der Waals surface area contributed by atoms with Crippen LogP contribution in [0.5, 0.6) is 5.75 Å². The highest BCUT2D eigenvalue weighted by Gasteiger charge is 2.14. The number of carbonyl (C=O) groups excluding carboxylic acids is 1. The van der Waals surface area contributed by atoms with E-state index in [1.807, 2.05) is 0 Å². The number of aromatic nitrogens is 2. The molecule has 0 radical (unpaired) electrons. The van der Waals surface area contributed by atoms with Crippen LogP contribution in [0, 0.1) is 5.82 Å². The Hall–Kier alpha value is -3.29. The third-order valence-corrected chi connectivity index (χ3v) is 5.12. The van der Waals surface area contributed by atoms with Crippen LogP contribution in [-0.2, 0) is 13.2 Å². The number of furan rings is 1. The molecule has 2 aromatic carbocycles. The first-order valence-corrected chi connectivity index (χ1v) is 9.97. The van der Waals surface area contributed by atoms with Crippen LogP contribution in [0.2, 0.25) is 10.0 Å². The molecule has 0 atom stereocenters. The highest BCUT2D eigenvalue weighted by atomic mass is 35.5. The number of hydrogen-bond acceptors (Lipinski definition) is 4. The first-order valence-electron chi connectivity index (χ1n) is 9.22. The van der Waals surface area contributed by atoms with Crippen LogP contribution in [-0.4, -0.2) is 15.7 Å². The van der Waals surface area contributed by atoms with Crippen LogP contribution in [0.3, 0.4) is 0 Å². The highest BCUT2D eigenvalue weighted by molar-refractivity contribution is 6.42. The number of halogens is 3. The van der Waals surface area contributed by atoms with Gasteiger partial charge in [0.1, 0.15) is 29.0 Å². The fraction of sp³-hybridized carbons (Fsp3) is 0.0909. The number of amides is 1. The number of hydrogen-bond donors (Lipinski definition) is 1. The smallest absolute Gasteiger partial charge is 0.291 e. The van der Waals surface area contributed by atoms with Crippen molar-refractivity contribution in [2.75, 3.05) is 5.32 Å². The fourth-order valence-electron chi connectivity index (χ4n) is 2.81. The highest BCUT2D eigenvalue weighted by Crippen LogP contribution is 2.32. The number of carbonyl (C=O) groups is 1. The summed E-state index contributed by atoms with van der Waals surface area (Å²) in [6.45, 7) is 0.535. The van der Waals surface area contributed by atoms with Gasteiger partial charge in [-0.15, -0.1) is 0 Å². The van der Waals surface area contributed by atoms with E-state index in [-0.39, 0.29) is 18.2 Å². The molecule has 9 heteroatoms. The topological polar surface area (TPSA) is 69.3 Å². The number of anilines is 1. The van der Waals surface area contributed by atoms with Gasteiger partial charge < -0.3 is 14.5 Å². The third-order valence-electron chi connectivity index (χ3n) is 4.32. The van der Waals surface area contributed by atoms with Crippen molar-refractivity contribution < 1.29 is 18.3 Å². The molecule has 0 saturated heterocycles. The lowest BCUT2D eigenvalue weighted by Gasteiger charge is -2.07. The SMILES string of the molecule is O=C(Nc1cnn(Cc2ccc(F)cc2)c1)c1ccc(COc2cccc(Cl)c2Cl)o1. The molecule has 0 aliphatic heterocycles. The van der Waals surface area contributed by atoms with E-state index in [1.54, 1.807) is 53.3 Å². The predicted octanol–water partition coefficient (Wildman–Crippen LogP) is 5.80. The largest absolute Gasteiger partial charge is 0.484 e. The number of nitrogens with zero attached hydrogens (tertiary/aromatic N) is 2. The lowest BCUT2D eigenvalue weighted by molar-refractivity contribution is 0.0992. The summed E-state index contributed by atoms with van der Waals surface area (Å²) in [4.78, 5) is 12.4. The summed E-state index contributed by atoms with van der Waals surface area (Å²) < 4.78 is 25.8. The van der Waals surface area contributed by atoms with Crippen molar-refractivity contribution in [3.8, 4) is 5.75 Å². The molecular weight excluding hydrogens is 444 g/mol. The van der Waals surface area contributed by atoms with Crippen LogP contribution in [0.25, 0.3) is 0 Å². The summed E-state index contributed by atoms with van der Waals surface area (Å²) >= 11 is 12.1. The minimum absolute atomic E-state index is 0.0863. The van der Waals surface area contributed by atoms with Crippen molar-refractivity contribution in [2.24, 2.45) is 0 Å². The van der Waals surface area contributed by atoms with Gasteiger partial charge >= 0.3 is 0 Å². The first kappa shape index (κ1) is 21.0. The summed E-state index contributed by atoms with van der Waals surface area (Å²) in [5, 5.41) is 7.62. The van der Waals surface area contributed by atoms with E-state index in [0.717, 1.165) is 5.56 Å². The van der Waals surface area contributed by atoms with Crippen molar-refractivity contribution in [3.63, 3.8) is 0 Å². The average Bonchev–Trinajstić information content (AvgIpc) is 3.40. The van der Waals surface area contributed by atoms with E-state index in [4.69, 9.17) is 32.4 Å². The van der Waals surface area contributed by atoms with Crippen LogP contribution >= 0.6 is 23.2 Å². The summed E-state index contributed by atoms with van der Waals surface area (Å²) in [6, 6.07) is 14.4. The van der Waals surface area contributed by atoms with E-state index in [2.05, 4.69) is 10.4 Å². The average molecular weight is 460 g/mol. The van der Waals surface area contributed by atoms with Crippen molar-refractivity contribution in [3.05, 3.63) is 99.9 Å². The Kier molecular flexibility index (Phi) is 6.25. The third kappa shape index (κ3) is 5.25. The fourth-order valence-corrected chi connectivity index (χ4v) is 3.15. The Bertz CT molecular complexity index is 1200. The Morgan fingerprint density at radius 2 is 1.94 bits per heavy atom. The lowest BCUT2D eigenvalue weighted by Crippen LogP contribution is -2.10. The standard InChI is InChI=1S/C22H16Cl2FN3O3/c23-18-2-1-3-19(21(18)24)30-13-17-8-9-20(31-17)22(29)27-16-10-26-28(12-16)11-14-4-6-15(25)7-5-14/h1-10,12H,11,13H2,(H,27,29). The molecule has 4 rings (SSSR count). The van der Waals surface area contributed by atoms with E-state index >= 15 is 0 Å². The van der Waals surface area contributed by atoms with E-state index in [1.165, 1.54) is 18.3 Å². The van der Waals surface area contributed by atoms with Crippen LogP contribution in [0.1, 0.15) is 21.9 Å². The molecule has 2 heterocycles. The summed E-state index contributed by atoms with van der Waals surface area (Å²) in [7, 11) is 0. The van der Waals surface area contributed by atoms with Crippen LogP contribution in [0.4, 0.5) is 10.1 Å². The Labute approximate surface area is 187 Å². The zero-order valence-electron chi connectivity index (χ0n) is 16.0. The number of ether oxygens (including phenoxy) is 1. The molecule has 2 aromatic heterocycles. The quantitative estimate of drug-likeness (QED) is 0.379. The van der Waals surface area contributed by atoms with Crippen LogP contribution < -0.4 is 10.1 Å². The zero-order valence-corrected chi connectivity index (χ0v) is 17.5. The van der Waals surface area contributed by atoms with Gasteiger partial charge in [0.2, 0.25) is 0 Å². The molecule has 0 fully saturated rings. The maximum atomic E-state index is 13.0. The van der Waals surface area contributed by atoms with E-state index < -0.39 is 5.91 Å². The zero-order chi connectivity index (χ0) is 21.8. The van der Waals surface area contributed by atoms with Gasteiger partial charge in [-0.25, -0.2) is 4.39 Å². The number of nitrogens with one attached hydrogen (secondary N) is 1. The summed E-state index contributed by atoms with van der Waals surface area (Å²) in [5.74, 6) is 0.282. The van der Waals surface area contributed by atoms with Crippen molar-refractivity contribution >= 4 is 34.8 Å². The molecule has 6 nitrogen and oxygen atoms in total. The van der Waals surface area contributed by atoms with Crippen molar-refractivity contribution in [1.82, 2.24) is 9.78 Å². The van der Waals surface area contributed by atoms with E-state index in [9.17, 15) is 9.18 Å². The molecule has 0 bridgehead atoms. The Morgan fingerprint density at radius 3 is 2.74 bits per heavy atom. The van der Waals surface area contributed by atoms with Gasteiger partial charge in [-0.3, -0.25) is 9.48 Å². The molecule has 0 aliphatic rings. The summed E-state index contributed by atoms with van der Waals surface area (Å²) in [6.07, 6.45) is 3.20. The minimum Gasteiger partial charge on any atom is -0.484 e. The molecule has 0 aliphatic carbocycles. The molecule has 1 N–H and O–H groups in total. The molecule has 0 unspecified atom stereocenters. The van der Waals surface area contributed by atoms with Gasteiger partial charge in [-0.05, 0) is 42.0 Å². The lowest BCUT2D eigenvalue weighted by atomic mass is 10.2. The minimum atomic E-state index is -0.423. The maximum Gasteiger partial charge on any atom is 0.291 e. The van der Waals surface area contributed by atoms with Gasteiger partial charge in [0.15, 0.2) is 5.76 Å². The Balaban J connectivity index is 1.34.